The Bertz CT molecular complexity index is 259. The number of anilines is 1. The molecule has 1 aliphatic heterocycles. The number of thiazole rings is 1. The van der Waals surface area contributed by atoms with Crippen molar-refractivity contribution in [2.45, 2.75) is 0 Å². The van der Waals surface area contributed by atoms with Gasteiger partial charge in [-0.3, -0.25) is 4.90 Å². The molecule has 1 aliphatic rings. The molecular weight excluding hydrogens is 162 g/mol. The molecule has 0 unspecified atom stereocenters. The van der Waals surface area contributed by atoms with Gasteiger partial charge in [-0.05, 0) is 0 Å². The maximum atomic E-state index is 11.1. The molecule has 1 fully saturated rings. The lowest BCUT2D eigenvalue weighted by molar-refractivity contribution is 0.252. The highest BCUT2D eigenvalue weighted by Gasteiger charge is 2.22. The van der Waals surface area contributed by atoms with E-state index >= 15 is 0 Å². The lowest BCUT2D eigenvalue weighted by Crippen LogP contribution is -2.27. The maximum absolute atomic E-state index is 11.1. The highest BCUT2D eigenvalue weighted by Crippen LogP contribution is 2.18. The van der Waals surface area contributed by atoms with Crippen molar-refractivity contribution >= 4 is 22.5 Å². The number of nitrogens with zero attached hydrogens (tertiary/aromatic N) is 2. The highest BCUT2D eigenvalue weighted by molar-refractivity contribution is 7.13. The molecule has 1 N–H and O–H groups in total. The summed E-state index contributed by atoms with van der Waals surface area (Å²) in [6, 6.07) is -0.0417. The van der Waals surface area contributed by atoms with Gasteiger partial charge < -0.3 is 5.32 Å². The van der Waals surface area contributed by atoms with Gasteiger partial charge in [-0.15, -0.1) is 11.3 Å². The summed E-state index contributed by atoms with van der Waals surface area (Å²) in [5, 5.41) is 5.35. The molecule has 2 rings (SSSR count). The van der Waals surface area contributed by atoms with Crippen LogP contribution in [0.5, 0.6) is 0 Å². The third-order valence-corrected chi connectivity index (χ3v) is 2.30. The van der Waals surface area contributed by atoms with Crippen LogP contribution >= 0.6 is 11.3 Å². The van der Waals surface area contributed by atoms with Gasteiger partial charge in [0.05, 0.1) is 0 Å². The largest absolute Gasteiger partial charge is 0.336 e. The summed E-state index contributed by atoms with van der Waals surface area (Å²) in [5.74, 6) is 0. The number of urea groups is 1. The maximum Gasteiger partial charge on any atom is 0.323 e. The second-order valence-corrected chi connectivity index (χ2v) is 3.07. The van der Waals surface area contributed by atoms with E-state index < -0.39 is 0 Å². The van der Waals surface area contributed by atoms with E-state index in [0.29, 0.717) is 0 Å². The Morgan fingerprint density at radius 1 is 1.73 bits per heavy atom. The van der Waals surface area contributed by atoms with Crippen LogP contribution in [0.2, 0.25) is 0 Å². The molecule has 1 saturated heterocycles. The molecule has 58 valence electrons. The first-order chi connectivity index (χ1) is 5.38. The van der Waals surface area contributed by atoms with E-state index in [1.807, 2.05) is 5.38 Å². The van der Waals surface area contributed by atoms with Crippen molar-refractivity contribution < 1.29 is 4.79 Å². The van der Waals surface area contributed by atoms with Crippen LogP contribution in [0.1, 0.15) is 0 Å². The van der Waals surface area contributed by atoms with Gasteiger partial charge >= 0.3 is 6.03 Å². The predicted molar refractivity (Wildman–Crippen MR) is 42.9 cm³/mol. The van der Waals surface area contributed by atoms with Gasteiger partial charge in [0.15, 0.2) is 5.13 Å². The number of carbonyl (C=O) groups excluding carboxylic acids is 1. The van der Waals surface area contributed by atoms with Crippen LogP contribution in [0.4, 0.5) is 9.93 Å². The number of hydrogen-bond acceptors (Lipinski definition) is 3. The van der Waals surface area contributed by atoms with Crippen molar-refractivity contribution in [1.29, 1.82) is 0 Å². The Morgan fingerprint density at radius 2 is 2.64 bits per heavy atom. The minimum absolute atomic E-state index is 0.0417. The summed E-state index contributed by atoms with van der Waals surface area (Å²) >= 11 is 1.48. The first-order valence-electron chi connectivity index (χ1n) is 3.33. The van der Waals surface area contributed by atoms with Crippen molar-refractivity contribution in [2.75, 3.05) is 18.0 Å². The zero-order valence-corrected chi connectivity index (χ0v) is 6.60. The molecule has 0 spiro atoms. The molecule has 5 heteroatoms. The zero-order chi connectivity index (χ0) is 7.68. The second-order valence-electron chi connectivity index (χ2n) is 2.20. The average molecular weight is 169 g/mol. The zero-order valence-electron chi connectivity index (χ0n) is 5.78. The lowest BCUT2D eigenvalue weighted by Gasteiger charge is -2.07. The van der Waals surface area contributed by atoms with Crippen molar-refractivity contribution in [3.63, 3.8) is 0 Å². The van der Waals surface area contributed by atoms with E-state index in [1.165, 1.54) is 11.3 Å². The van der Waals surface area contributed by atoms with E-state index in [9.17, 15) is 4.79 Å². The Labute approximate surface area is 67.9 Å². The average Bonchev–Trinajstić information content (AvgIpc) is 2.55. The van der Waals surface area contributed by atoms with E-state index in [1.54, 1.807) is 11.1 Å². The number of aromatic nitrogens is 1. The highest BCUT2D eigenvalue weighted by atomic mass is 32.1. The third-order valence-electron chi connectivity index (χ3n) is 1.51. The summed E-state index contributed by atoms with van der Waals surface area (Å²) in [7, 11) is 0. The van der Waals surface area contributed by atoms with E-state index in [-0.39, 0.29) is 6.03 Å². The Kier molecular flexibility index (Phi) is 1.50. The molecule has 0 saturated carbocycles. The monoisotopic (exact) mass is 169 g/mol. The normalized spacial score (nSPS) is 17.1. The Balaban J connectivity index is 2.23. The molecule has 0 aliphatic carbocycles. The van der Waals surface area contributed by atoms with Crippen LogP contribution in [0.3, 0.4) is 0 Å². The number of nitrogens with one attached hydrogen (secondary N) is 1. The number of hydrogen-bond donors (Lipinski definition) is 1. The van der Waals surface area contributed by atoms with Gasteiger partial charge in [0.2, 0.25) is 0 Å². The first-order valence-corrected chi connectivity index (χ1v) is 4.21. The van der Waals surface area contributed by atoms with Gasteiger partial charge in [0.1, 0.15) is 0 Å². The molecule has 11 heavy (non-hydrogen) atoms. The van der Waals surface area contributed by atoms with Crippen LogP contribution in [0.25, 0.3) is 0 Å². The smallest absolute Gasteiger partial charge is 0.323 e. The fourth-order valence-corrected chi connectivity index (χ4v) is 1.67. The van der Waals surface area contributed by atoms with E-state index in [2.05, 4.69) is 10.3 Å². The lowest BCUT2D eigenvalue weighted by atomic mass is 10.6. The summed E-state index contributed by atoms with van der Waals surface area (Å²) in [6.07, 6.45) is 1.70. The minimum Gasteiger partial charge on any atom is -0.336 e. The quantitative estimate of drug-likeness (QED) is 0.671. The van der Waals surface area contributed by atoms with Crippen LogP contribution in [0.15, 0.2) is 11.6 Å². The molecule has 2 amide bonds. The fraction of sp³-hybridized carbons (Fsp3) is 0.333. The first kappa shape index (κ1) is 6.60. The van der Waals surface area contributed by atoms with Crippen molar-refractivity contribution in [1.82, 2.24) is 10.3 Å². The van der Waals surface area contributed by atoms with Crippen LogP contribution < -0.4 is 10.2 Å². The Morgan fingerprint density at radius 3 is 3.18 bits per heavy atom. The van der Waals surface area contributed by atoms with Crippen LogP contribution in [-0.2, 0) is 0 Å². The van der Waals surface area contributed by atoms with Crippen molar-refractivity contribution in [3.8, 4) is 0 Å². The van der Waals surface area contributed by atoms with E-state index in [0.717, 1.165) is 18.2 Å². The number of rotatable bonds is 1. The topological polar surface area (TPSA) is 45.2 Å². The molecule has 4 nitrogen and oxygen atoms in total. The third kappa shape index (κ3) is 1.07. The second kappa shape index (κ2) is 2.50. The van der Waals surface area contributed by atoms with Gasteiger partial charge in [-0.1, -0.05) is 0 Å². The SMILES string of the molecule is O=C1NCCN1c1nccs1. The Hall–Kier alpha value is -1.10. The van der Waals surface area contributed by atoms with Crippen LogP contribution in [0, 0.1) is 0 Å². The van der Waals surface area contributed by atoms with Gasteiger partial charge in [-0.25, -0.2) is 9.78 Å². The van der Waals surface area contributed by atoms with Crippen LogP contribution in [-0.4, -0.2) is 24.1 Å². The van der Waals surface area contributed by atoms with Crippen molar-refractivity contribution in [2.24, 2.45) is 0 Å². The molecular formula is C6H7N3OS. The molecule has 0 bridgehead atoms. The number of amides is 2. The predicted octanol–water partition coefficient (Wildman–Crippen LogP) is 0.673. The summed E-state index contributed by atoms with van der Waals surface area (Å²) in [6.45, 7) is 1.45. The fourth-order valence-electron chi connectivity index (χ4n) is 1.00. The van der Waals surface area contributed by atoms with Gasteiger partial charge in [0, 0.05) is 24.7 Å². The molecule has 0 aromatic carbocycles. The summed E-state index contributed by atoms with van der Waals surface area (Å²) in [4.78, 5) is 16.7. The molecule has 1 aromatic rings. The number of carbonyl (C=O) groups is 1. The molecule has 0 radical (unpaired) electrons. The van der Waals surface area contributed by atoms with Gasteiger partial charge in [-0.2, -0.15) is 0 Å². The molecule has 1 aromatic heterocycles. The van der Waals surface area contributed by atoms with Crippen molar-refractivity contribution in [3.05, 3.63) is 11.6 Å². The minimum atomic E-state index is -0.0417. The summed E-state index contributed by atoms with van der Waals surface area (Å²) in [5.41, 5.74) is 0. The molecule has 2 heterocycles. The van der Waals surface area contributed by atoms with Gasteiger partial charge in [0.25, 0.3) is 0 Å². The summed E-state index contributed by atoms with van der Waals surface area (Å²) < 4.78 is 0. The molecule has 0 atom stereocenters. The standard InChI is InChI=1S/C6H7N3OS/c10-5-7-1-3-9(5)6-8-2-4-11-6/h2,4H,1,3H2,(H,7,10). The van der Waals surface area contributed by atoms with E-state index in [4.69, 9.17) is 0 Å².